The van der Waals surface area contributed by atoms with Crippen LogP contribution >= 0.6 is 0 Å². The SMILES string of the molecule is C=CCCC(CO)COCCCC. The Morgan fingerprint density at radius 2 is 2.31 bits per heavy atom. The molecular formula is C11H22O2. The molecule has 0 rings (SSSR count). The van der Waals surface area contributed by atoms with E-state index in [9.17, 15) is 0 Å². The molecule has 1 unspecified atom stereocenters. The van der Waals surface area contributed by atoms with E-state index >= 15 is 0 Å². The first-order chi connectivity index (χ1) is 6.35. The fourth-order valence-electron chi connectivity index (χ4n) is 1.08. The fraction of sp³-hybridized carbons (Fsp3) is 0.818. The lowest BCUT2D eigenvalue weighted by Crippen LogP contribution is -2.14. The zero-order valence-corrected chi connectivity index (χ0v) is 8.67. The maximum absolute atomic E-state index is 8.99. The summed E-state index contributed by atoms with van der Waals surface area (Å²) >= 11 is 0. The second-order valence-corrected chi connectivity index (χ2v) is 3.34. The van der Waals surface area contributed by atoms with Gasteiger partial charge in [0.05, 0.1) is 6.61 Å². The first kappa shape index (κ1) is 12.7. The summed E-state index contributed by atoms with van der Waals surface area (Å²) in [4.78, 5) is 0. The van der Waals surface area contributed by atoms with Gasteiger partial charge in [0.15, 0.2) is 0 Å². The highest BCUT2D eigenvalue weighted by molar-refractivity contribution is 4.69. The predicted molar refractivity (Wildman–Crippen MR) is 55.7 cm³/mol. The van der Waals surface area contributed by atoms with Crippen molar-refractivity contribution in [2.75, 3.05) is 19.8 Å². The van der Waals surface area contributed by atoms with E-state index in [0.717, 1.165) is 32.3 Å². The van der Waals surface area contributed by atoms with E-state index < -0.39 is 0 Å². The van der Waals surface area contributed by atoms with Crippen LogP contribution in [-0.2, 0) is 4.74 Å². The van der Waals surface area contributed by atoms with E-state index in [1.165, 1.54) is 0 Å². The van der Waals surface area contributed by atoms with E-state index in [4.69, 9.17) is 9.84 Å². The van der Waals surface area contributed by atoms with Crippen LogP contribution in [0.25, 0.3) is 0 Å². The van der Waals surface area contributed by atoms with Crippen LogP contribution in [0.15, 0.2) is 12.7 Å². The monoisotopic (exact) mass is 186 g/mol. The third-order valence-corrected chi connectivity index (χ3v) is 2.03. The summed E-state index contributed by atoms with van der Waals surface area (Å²) in [7, 11) is 0. The molecule has 0 aliphatic carbocycles. The van der Waals surface area contributed by atoms with Gasteiger partial charge >= 0.3 is 0 Å². The van der Waals surface area contributed by atoms with Gasteiger partial charge in [-0.2, -0.15) is 0 Å². The van der Waals surface area contributed by atoms with E-state index in [1.54, 1.807) is 0 Å². The predicted octanol–water partition coefficient (Wildman–Crippen LogP) is 2.38. The summed E-state index contributed by atoms with van der Waals surface area (Å²) in [6, 6.07) is 0. The number of aliphatic hydroxyl groups excluding tert-OH is 1. The molecule has 0 aliphatic rings. The van der Waals surface area contributed by atoms with Gasteiger partial charge in [0.2, 0.25) is 0 Å². The molecule has 2 heteroatoms. The molecule has 0 spiro atoms. The van der Waals surface area contributed by atoms with Crippen molar-refractivity contribution >= 4 is 0 Å². The average molecular weight is 186 g/mol. The number of ether oxygens (including phenoxy) is 1. The molecule has 1 N–H and O–H groups in total. The van der Waals surface area contributed by atoms with Crippen molar-refractivity contribution in [3.8, 4) is 0 Å². The Hall–Kier alpha value is -0.340. The summed E-state index contributed by atoms with van der Waals surface area (Å²) in [5.74, 6) is 0.287. The van der Waals surface area contributed by atoms with Crippen LogP contribution in [0.1, 0.15) is 32.6 Å². The van der Waals surface area contributed by atoms with Crippen LogP contribution in [0.4, 0.5) is 0 Å². The number of allylic oxidation sites excluding steroid dienone is 1. The second kappa shape index (κ2) is 9.75. The van der Waals surface area contributed by atoms with E-state index in [0.29, 0.717) is 6.61 Å². The van der Waals surface area contributed by atoms with Crippen molar-refractivity contribution in [3.63, 3.8) is 0 Å². The Bertz CT molecular complexity index is 113. The van der Waals surface area contributed by atoms with Gasteiger partial charge in [-0.05, 0) is 19.3 Å². The third kappa shape index (κ3) is 8.00. The van der Waals surface area contributed by atoms with Crippen LogP contribution in [0.5, 0.6) is 0 Å². The first-order valence-electron chi connectivity index (χ1n) is 5.14. The smallest absolute Gasteiger partial charge is 0.0516 e. The Kier molecular flexibility index (Phi) is 9.49. The molecule has 0 aromatic heterocycles. The lowest BCUT2D eigenvalue weighted by atomic mass is 10.1. The van der Waals surface area contributed by atoms with Crippen LogP contribution in [0, 0.1) is 5.92 Å². The Balaban J connectivity index is 3.30. The van der Waals surface area contributed by atoms with Crippen LogP contribution in [-0.4, -0.2) is 24.9 Å². The van der Waals surface area contributed by atoms with Crippen LogP contribution in [0.2, 0.25) is 0 Å². The number of hydrogen-bond acceptors (Lipinski definition) is 2. The molecule has 0 aromatic carbocycles. The van der Waals surface area contributed by atoms with Crippen molar-refractivity contribution in [1.82, 2.24) is 0 Å². The highest BCUT2D eigenvalue weighted by Crippen LogP contribution is 2.06. The van der Waals surface area contributed by atoms with Gasteiger partial charge in [0.25, 0.3) is 0 Å². The zero-order valence-electron chi connectivity index (χ0n) is 8.67. The van der Waals surface area contributed by atoms with E-state index in [1.807, 2.05) is 6.08 Å². The van der Waals surface area contributed by atoms with Gasteiger partial charge in [-0.15, -0.1) is 6.58 Å². The molecule has 78 valence electrons. The molecular weight excluding hydrogens is 164 g/mol. The molecule has 0 saturated carbocycles. The van der Waals surface area contributed by atoms with Gasteiger partial charge in [0, 0.05) is 19.1 Å². The average Bonchev–Trinajstić information content (AvgIpc) is 2.17. The fourth-order valence-corrected chi connectivity index (χ4v) is 1.08. The minimum absolute atomic E-state index is 0.222. The highest BCUT2D eigenvalue weighted by Gasteiger charge is 2.05. The van der Waals surface area contributed by atoms with Crippen molar-refractivity contribution in [1.29, 1.82) is 0 Å². The van der Waals surface area contributed by atoms with Crippen molar-refractivity contribution in [3.05, 3.63) is 12.7 Å². The summed E-state index contributed by atoms with van der Waals surface area (Å²) in [5, 5.41) is 8.99. The van der Waals surface area contributed by atoms with E-state index in [2.05, 4.69) is 13.5 Å². The number of unbranched alkanes of at least 4 members (excludes halogenated alkanes) is 1. The van der Waals surface area contributed by atoms with E-state index in [-0.39, 0.29) is 12.5 Å². The quantitative estimate of drug-likeness (QED) is 0.442. The largest absolute Gasteiger partial charge is 0.396 e. The molecule has 2 nitrogen and oxygen atoms in total. The molecule has 0 bridgehead atoms. The summed E-state index contributed by atoms with van der Waals surface area (Å²) in [6.45, 7) is 7.53. The second-order valence-electron chi connectivity index (χ2n) is 3.34. The van der Waals surface area contributed by atoms with Crippen LogP contribution in [0.3, 0.4) is 0 Å². The van der Waals surface area contributed by atoms with Crippen molar-refractivity contribution in [2.24, 2.45) is 5.92 Å². The Labute approximate surface area is 81.6 Å². The molecule has 0 fully saturated rings. The van der Waals surface area contributed by atoms with Gasteiger partial charge in [0.1, 0.15) is 0 Å². The third-order valence-electron chi connectivity index (χ3n) is 2.03. The zero-order chi connectivity index (χ0) is 9.94. The van der Waals surface area contributed by atoms with Crippen LogP contribution < -0.4 is 0 Å². The van der Waals surface area contributed by atoms with Gasteiger partial charge in [-0.1, -0.05) is 19.4 Å². The van der Waals surface area contributed by atoms with Crippen molar-refractivity contribution < 1.29 is 9.84 Å². The van der Waals surface area contributed by atoms with Crippen molar-refractivity contribution in [2.45, 2.75) is 32.6 Å². The molecule has 0 aromatic rings. The summed E-state index contributed by atoms with van der Waals surface area (Å²) in [5.41, 5.74) is 0. The number of rotatable bonds is 9. The first-order valence-corrected chi connectivity index (χ1v) is 5.14. The Morgan fingerprint density at radius 3 is 2.85 bits per heavy atom. The minimum atomic E-state index is 0.222. The van der Waals surface area contributed by atoms with Gasteiger partial charge in [-0.25, -0.2) is 0 Å². The minimum Gasteiger partial charge on any atom is -0.396 e. The number of hydrogen-bond donors (Lipinski definition) is 1. The molecule has 0 amide bonds. The molecule has 0 heterocycles. The Morgan fingerprint density at radius 1 is 1.54 bits per heavy atom. The lowest BCUT2D eigenvalue weighted by Gasteiger charge is -2.12. The van der Waals surface area contributed by atoms with Gasteiger partial charge in [-0.3, -0.25) is 0 Å². The summed E-state index contributed by atoms with van der Waals surface area (Å²) in [6.07, 6.45) is 6.10. The molecule has 0 aliphatic heterocycles. The lowest BCUT2D eigenvalue weighted by molar-refractivity contribution is 0.0683. The highest BCUT2D eigenvalue weighted by atomic mass is 16.5. The maximum Gasteiger partial charge on any atom is 0.0516 e. The molecule has 0 radical (unpaired) electrons. The maximum atomic E-state index is 8.99. The number of aliphatic hydroxyl groups is 1. The van der Waals surface area contributed by atoms with Gasteiger partial charge < -0.3 is 9.84 Å². The molecule has 0 saturated heterocycles. The summed E-state index contributed by atoms with van der Waals surface area (Å²) < 4.78 is 5.43. The molecule has 13 heavy (non-hydrogen) atoms. The topological polar surface area (TPSA) is 29.5 Å². The molecule has 1 atom stereocenters. The normalized spacial score (nSPS) is 12.8. The standard InChI is InChI=1S/C11H22O2/c1-3-5-7-11(9-12)10-13-8-6-4-2/h3,11-12H,1,4-10H2,2H3.